The molecule has 1 saturated heterocycles. The van der Waals surface area contributed by atoms with Crippen molar-refractivity contribution in [3.05, 3.63) is 59.7 Å². The SMILES string of the molecule is Cc1ccccc1OCCCC(=O)Nc1ccc(CNC(=O)C2CCCN2)cc1.Cl. The first kappa shape index (κ1) is 23.7. The maximum absolute atomic E-state index is 12.1. The Morgan fingerprint density at radius 2 is 1.90 bits per heavy atom. The van der Waals surface area contributed by atoms with Crippen LogP contribution in [-0.2, 0) is 16.1 Å². The Morgan fingerprint density at radius 1 is 1.13 bits per heavy atom. The van der Waals surface area contributed by atoms with Gasteiger partial charge >= 0.3 is 0 Å². The number of carbonyl (C=O) groups excluding carboxylic acids is 2. The molecule has 0 aromatic heterocycles. The van der Waals surface area contributed by atoms with E-state index in [0.717, 1.165) is 42.0 Å². The lowest BCUT2D eigenvalue weighted by atomic mass is 10.1. The molecular formula is C23H30ClN3O3. The van der Waals surface area contributed by atoms with Crippen molar-refractivity contribution < 1.29 is 14.3 Å². The van der Waals surface area contributed by atoms with Gasteiger partial charge in [-0.05, 0) is 62.1 Å². The molecule has 2 aromatic rings. The van der Waals surface area contributed by atoms with Crippen LogP contribution >= 0.6 is 12.4 Å². The molecule has 2 amide bonds. The van der Waals surface area contributed by atoms with Crippen LogP contribution in [0.15, 0.2) is 48.5 Å². The average Bonchev–Trinajstić information content (AvgIpc) is 3.27. The largest absolute Gasteiger partial charge is 0.493 e. The number of halogens is 1. The highest BCUT2D eigenvalue weighted by atomic mass is 35.5. The van der Waals surface area contributed by atoms with Crippen molar-refractivity contribution in [3.8, 4) is 5.75 Å². The minimum Gasteiger partial charge on any atom is -0.493 e. The van der Waals surface area contributed by atoms with Gasteiger partial charge < -0.3 is 20.7 Å². The molecule has 0 bridgehead atoms. The Morgan fingerprint density at radius 3 is 2.60 bits per heavy atom. The quantitative estimate of drug-likeness (QED) is 0.530. The predicted octanol–water partition coefficient (Wildman–Crippen LogP) is 3.58. The van der Waals surface area contributed by atoms with Crippen molar-refractivity contribution in [2.45, 2.75) is 45.2 Å². The third kappa shape index (κ3) is 7.35. The van der Waals surface area contributed by atoms with Gasteiger partial charge in [0.1, 0.15) is 5.75 Å². The third-order valence-corrected chi connectivity index (χ3v) is 4.98. The summed E-state index contributed by atoms with van der Waals surface area (Å²) in [4.78, 5) is 24.1. The highest BCUT2D eigenvalue weighted by Crippen LogP contribution is 2.16. The van der Waals surface area contributed by atoms with Crippen LogP contribution < -0.4 is 20.7 Å². The normalized spacial score (nSPS) is 15.2. The van der Waals surface area contributed by atoms with E-state index >= 15 is 0 Å². The number of benzene rings is 2. The van der Waals surface area contributed by atoms with Crippen LogP contribution in [0.5, 0.6) is 5.75 Å². The van der Waals surface area contributed by atoms with E-state index in [4.69, 9.17) is 4.74 Å². The summed E-state index contributed by atoms with van der Waals surface area (Å²) in [6, 6.07) is 15.3. The first-order valence-corrected chi connectivity index (χ1v) is 10.2. The summed E-state index contributed by atoms with van der Waals surface area (Å²) in [5.41, 5.74) is 2.84. The molecule has 6 nitrogen and oxygen atoms in total. The van der Waals surface area contributed by atoms with Crippen LogP contribution in [0.3, 0.4) is 0 Å². The minimum absolute atomic E-state index is 0. The number of rotatable bonds is 9. The topological polar surface area (TPSA) is 79.5 Å². The summed E-state index contributed by atoms with van der Waals surface area (Å²) in [5, 5.41) is 9.03. The number of ether oxygens (including phenoxy) is 1. The second-order valence-electron chi connectivity index (χ2n) is 7.33. The first-order valence-electron chi connectivity index (χ1n) is 10.2. The molecule has 0 aliphatic carbocycles. The summed E-state index contributed by atoms with van der Waals surface area (Å²) in [5.74, 6) is 0.874. The van der Waals surface area contributed by atoms with Gasteiger partial charge in [-0.15, -0.1) is 12.4 Å². The monoisotopic (exact) mass is 431 g/mol. The van der Waals surface area contributed by atoms with Gasteiger partial charge in [-0.2, -0.15) is 0 Å². The molecule has 3 N–H and O–H groups in total. The fourth-order valence-electron chi connectivity index (χ4n) is 3.28. The summed E-state index contributed by atoms with van der Waals surface area (Å²) in [6.07, 6.45) is 2.99. The molecule has 1 unspecified atom stereocenters. The van der Waals surface area contributed by atoms with E-state index < -0.39 is 0 Å². The lowest BCUT2D eigenvalue weighted by molar-refractivity contribution is -0.123. The zero-order valence-corrected chi connectivity index (χ0v) is 18.1. The zero-order valence-electron chi connectivity index (χ0n) is 17.3. The van der Waals surface area contributed by atoms with Crippen LogP contribution in [0.1, 0.15) is 36.8 Å². The van der Waals surface area contributed by atoms with Crippen molar-refractivity contribution in [1.82, 2.24) is 10.6 Å². The van der Waals surface area contributed by atoms with Crippen LogP contribution in [0.2, 0.25) is 0 Å². The van der Waals surface area contributed by atoms with E-state index in [2.05, 4.69) is 16.0 Å². The Labute approximate surface area is 184 Å². The second-order valence-corrected chi connectivity index (χ2v) is 7.33. The maximum Gasteiger partial charge on any atom is 0.237 e. The molecule has 7 heteroatoms. The smallest absolute Gasteiger partial charge is 0.237 e. The van der Waals surface area contributed by atoms with E-state index in [1.807, 2.05) is 55.5 Å². The van der Waals surface area contributed by atoms with Gasteiger partial charge in [0.25, 0.3) is 0 Å². The van der Waals surface area contributed by atoms with E-state index in [0.29, 0.717) is 26.0 Å². The van der Waals surface area contributed by atoms with Crippen molar-refractivity contribution in [2.75, 3.05) is 18.5 Å². The fraction of sp³-hybridized carbons (Fsp3) is 0.391. The number of anilines is 1. The molecular weight excluding hydrogens is 402 g/mol. The van der Waals surface area contributed by atoms with Gasteiger partial charge in [-0.3, -0.25) is 9.59 Å². The molecule has 1 heterocycles. The Balaban J connectivity index is 0.00000320. The minimum atomic E-state index is -0.0663. The maximum atomic E-state index is 12.1. The molecule has 0 saturated carbocycles. The summed E-state index contributed by atoms with van der Waals surface area (Å²) in [6.45, 7) is 3.90. The van der Waals surface area contributed by atoms with E-state index in [1.54, 1.807) is 0 Å². The van der Waals surface area contributed by atoms with Crippen molar-refractivity contribution >= 4 is 29.9 Å². The van der Waals surface area contributed by atoms with Crippen LogP contribution in [0, 0.1) is 6.92 Å². The fourth-order valence-corrected chi connectivity index (χ4v) is 3.28. The van der Waals surface area contributed by atoms with Gasteiger partial charge in [0.05, 0.1) is 12.6 Å². The predicted molar refractivity (Wildman–Crippen MR) is 121 cm³/mol. The van der Waals surface area contributed by atoms with Crippen molar-refractivity contribution in [2.24, 2.45) is 0 Å². The number of carbonyl (C=O) groups is 2. The highest BCUT2D eigenvalue weighted by Gasteiger charge is 2.21. The number of hydrogen-bond donors (Lipinski definition) is 3. The molecule has 1 fully saturated rings. The van der Waals surface area contributed by atoms with Crippen LogP contribution in [0.25, 0.3) is 0 Å². The van der Waals surface area contributed by atoms with Gasteiger partial charge in [0, 0.05) is 18.7 Å². The number of nitrogens with one attached hydrogen (secondary N) is 3. The molecule has 1 aliphatic heterocycles. The average molecular weight is 432 g/mol. The second kappa shape index (κ2) is 12.2. The zero-order chi connectivity index (χ0) is 20.5. The van der Waals surface area contributed by atoms with Crippen molar-refractivity contribution in [3.63, 3.8) is 0 Å². The first-order chi connectivity index (χ1) is 14.1. The molecule has 162 valence electrons. The lowest BCUT2D eigenvalue weighted by Gasteiger charge is -2.12. The Bertz CT molecular complexity index is 821. The number of para-hydroxylation sites is 1. The molecule has 3 rings (SSSR count). The van der Waals surface area contributed by atoms with Crippen LogP contribution in [0.4, 0.5) is 5.69 Å². The highest BCUT2D eigenvalue weighted by molar-refractivity contribution is 5.90. The lowest BCUT2D eigenvalue weighted by Crippen LogP contribution is -2.39. The molecule has 1 aliphatic rings. The number of hydrogen-bond acceptors (Lipinski definition) is 4. The Kier molecular flexibility index (Phi) is 9.64. The Hall–Kier alpha value is -2.57. The molecule has 30 heavy (non-hydrogen) atoms. The molecule has 0 radical (unpaired) electrons. The van der Waals surface area contributed by atoms with E-state index in [9.17, 15) is 9.59 Å². The number of amides is 2. The molecule has 2 aromatic carbocycles. The van der Waals surface area contributed by atoms with Gasteiger partial charge in [0.15, 0.2) is 0 Å². The summed E-state index contributed by atoms with van der Waals surface area (Å²) >= 11 is 0. The number of aryl methyl sites for hydroxylation is 1. The van der Waals surface area contributed by atoms with Gasteiger partial charge in [0.2, 0.25) is 11.8 Å². The summed E-state index contributed by atoms with van der Waals surface area (Å²) < 4.78 is 5.72. The standard InChI is InChI=1S/C23H29N3O3.ClH/c1-17-6-2-3-8-21(17)29-15-5-9-22(27)26-19-12-10-18(11-13-19)16-25-23(28)20-7-4-14-24-20;/h2-3,6,8,10-13,20,24H,4-5,7,9,14-16H2,1H3,(H,25,28)(H,26,27);1H. The van der Waals surface area contributed by atoms with Gasteiger partial charge in [-0.25, -0.2) is 0 Å². The molecule has 1 atom stereocenters. The van der Waals surface area contributed by atoms with E-state index in [-0.39, 0.29) is 30.3 Å². The third-order valence-electron chi connectivity index (χ3n) is 4.98. The van der Waals surface area contributed by atoms with Gasteiger partial charge in [-0.1, -0.05) is 30.3 Å². The summed E-state index contributed by atoms with van der Waals surface area (Å²) in [7, 11) is 0. The molecule has 0 spiro atoms. The van der Waals surface area contributed by atoms with Crippen LogP contribution in [-0.4, -0.2) is 31.0 Å². The van der Waals surface area contributed by atoms with Crippen molar-refractivity contribution in [1.29, 1.82) is 0 Å². The van der Waals surface area contributed by atoms with E-state index in [1.165, 1.54) is 0 Å².